The maximum Gasteiger partial charge on any atom is 0.198 e. The molecule has 1 unspecified atom stereocenters. The Morgan fingerprint density at radius 1 is 0.947 bits per heavy atom. The van der Waals surface area contributed by atoms with E-state index in [9.17, 15) is 9.79 Å². The van der Waals surface area contributed by atoms with Crippen molar-refractivity contribution in [3.05, 3.63) is 0 Å². The van der Waals surface area contributed by atoms with Crippen molar-refractivity contribution in [1.29, 1.82) is 0 Å². The highest BCUT2D eigenvalue weighted by molar-refractivity contribution is 8.65. The van der Waals surface area contributed by atoms with Gasteiger partial charge in [-0.2, -0.15) is 0 Å². The number of unbranched alkanes of at least 4 members (excludes halogenated alkanes) is 5. The summed E-state index contributed by atoms with van der Waals surface area (Å²) in [6, 6.07) is 0. The molecule has 2 N–H and O–H groups in total. The van der Waals surface area contributed by atoms with Gasteiger partial charge in [-0.05, 0) is 30.3 Å². The van der Waals surface area contributed by atoms with Crippen molar-refractivity contribution in [2.24, 2.45) is 5.92 Å². The topological polar surface area (TPSA) is 40.5 Å². The molecule has 0 saturated heterocycles. The zero-order valence-corrected chi connectivity index (χ0v) is 15.5. The van der Waals surface area contributed by atoms with Gasteiger partial charge in [-0.15, -0.1) is 10.1 Å². The van der Waals surface area contributed by atoms with Crippen LogP contribution >= 0.6 is 17.9 Å². The lowest BCUT2D eigenvalue weighted by atomic mass is 10.1. The van der Waals surface area contributed by atoms with Gasteiger partial charge >= 0.3 is 0 Å². The first-order valence-corrected chi connectivity index (χ1v) is 12.6. The summed E-state index contributed by atoms with van der Waals surface area (Å²) in [7, 11) is -0.273. The van der Waals surface area contributed by atoms with E-state index in [0.29, 0.717) is 0 Å². The Balaban J connectivity index is 3.97. The molecule has 0 rings (SSSR count). The Hall–Kier alpha value is 1.05. The minimum absolute atomic E-state index is 0.273. The zero-order chi connectivity index (χ0) is 14.7. The van der Waals surface area contributed by atoms with E-state index in [-0.39, 0.29) is 10.1 Å². The summed E-state index contributed by atoms with van der Waals surface area (Å²) in [4.78, 5) is 19.6. The van der Waals surface area contributed by atoms with Crippen molar-refractivity contribution >= 4 is 28.0 Å². The van der Waals surface area contributed by atoms with Crippen LogP contribution in [0.15, 0.2) is 0 Å². The molecule has 0 aliphatic heterocycles. The van der Waals surface area contributed by atoms with Gasteiger partial charge < -0.3 is 9.79 Å². The maximum atomic E-state index is 9.82. The largest absolute Gasteiger partial charge is 0.341 e. The molecule has 1 atom stereocenters. The molecule has 0 saturated carbocycles. The van der Waals surface area contributed by atoms with E-state index in [0.717, 1.165) is 30.3 Å². The first kappa shape index (κ1) is 20.1. The van der Waals surface area contributed by atoms with Gasteiger partial charge in [0.25, 0.3) is 0 Å². The first-order valence-electron chi connectivity index (χ1n) is 7.63. The summed E-state index contributed by atoms with van der Waals surface area (Å²) in [6.45, 7) is 6.70. The molecular formula is C14H33O2PS2. The Morgan fingerprint density at radius 3 is 1.89 bits per heavy atom. The van der Waals surface area contributed by atoms with Crippen LogP contribution < -0.4 is 0 Å². The van der Waals surface area contributed by atoms with Crippen molar-refractivity contribution in [1.82, 2.24) is 0 Å². The van der Waals surface area contributed by atoms with Gasteiger partial charge in [-0.3, -0.25) is 0 Å². The molecule has 0 amide bonds. The molecular weight excluding hydrogens is 295 g/mol. The molecule has 0 aliphatic carbocycles. The van der Waals surface area contributed by atoms with Crippen molar-refractivity contribution < 1.29 is 9.79 Å². The van der Waals surface area contributed by atoms with Gasteiger partial charge in [0.15, 0.2) is 5.69 Å². The molecule has 2 nitrogen and oxygen atoms in total. The van der Waals surface area contributed by atoms with Crippen molar-refractivity contribution in [3.8, 4) is 0 Å². The van der Waals surface area contributed by atoms with Crippen molar-refractivity contribution in [3.63, 3.8) is 0 Å². The Bertz CT molecular complexity index is 266. The molecule has 0 radical (unpaired) electrons. The average molecular weight is 329 g/mol. The molecule has 0 aromatic rings. The Morgan fingerprint density at radius 2 is 1.47 bits per heavy atom. The maximum absolute atomic E-state index is 9.82. The average Bonchev–Trinajstić information content (AvgIpc) is 2.29. The normalized spacial score (nSPS) is 14.1. The van der Waals surface area contributed by atoms with Gasteiger partial charge in [0.1, 0.15) is 0 Å². The third-order valence-corrected chi connectivity index (χ3v) is 10.7. The van der Waals surface area contributed by atoms with Gasteiger partial charge in [0, 0.05) is 0 Å². The summed E-state index contributed by atoms with van der Waals surface area (Å²) in [6.07, 6.45) is 9.68. The summed E-state index contributed by atoms with van der Waals surface area (Å²) in [5, 5.41) is 0. The van der Waals surface area contributed by atoms with Crippen LogP contribution in [0.2, 0.25) is 0 Å². The fraction of sp³-hybridized carbons (Fsp3) is 1.00. The summed E-state index contributed by atoms with van der Waals surface area (Å²) in [5.41, 5.74) is -2.92. The van der Waals surface area contributed by atoms with Crippen molar-refractivity contribution in [2.75, 3.05) is 11.5 Å². The van der Waals surface area contributed by atoms with Crippen LogP contribution in [0.5, 0.6) is 0 Å². The summed E-state index contributed by atoms with van der Waals surface area (Å²) in [5.74, 6) is 2.68. The zero-order valence-electron chi connectivity index (χ0n) is 12.8. The van der Waals surface area contributed by atoms with E-state index in [1.807, 2.05) is 0 Å². The van der Waals surface area contributed by atoms with E-state index in [2.05, 4.69) is 33.0 Å². The van der Waals surface area contributed by atoms with E-state index in [4.69, 9.17) is 0 Å². The molecule has 0 fully saturated rings. The third kappa shape index (κ3) is 12.5. The number of hydrogen-bond donors (Lipinski definition) is 3. The number of rotatable bonds is 11. The van der Waals surface area contributed by atoms with Gasteiger partial charge in [-0.1, -0.05) is 71.5 Å². The van der Waals surface area contributed by atoms with E-state index in [1.165, 1.54) is 38.5 Å². The number of thiol groups is 1. The van der Waals surface area contributed by atoms with Crippen LogP contribution in [0.25, 0.3) is 0 Å². The smallest absolute Gasteiger partial charge is 0.198 e. The predicted octanol–water partition coefficient (Wildman–Crippen LogP) is 4.99. The van der Waals surface area contributed by atoms with Crippen molar-refractivity contribution in [2.45, 2.75) is 72.1 Å². The SMILES string of the molecule is CCCCCCS(CCCCCC(C)C)=P(O)(O)S. The van der Waals surface area contributed by atoms with Crippen LogP contribution in [0, 0.1) is 5.92 Å². The second kappa shape index (κ2) is 11.7. The molecule has 0 heterocycles. The lowest BCUT2D eigenvalue weighted by Crippen LogP contribution is -2.04. The molecule has 118 valence electrons. The second-order valence-corrected chi connectivity index (χ2v) is 14.0. The predicted molar refractivity (Wildman–Crippen MR) is 94.9 cm³/mol. The first-order chi connectivity index (χ1) is 8.88. The highest BCUT2D eigenvalue weighted by Crippen LogP contribution is 2.47. The number of hydrogen-bond acceptors (Lipinski definition) is 0. The minimum Gasteiger partial charge on any atom is -0.341 e. The van der Waals surface area contributed by atoms with Gasteiger partial charge in [0.2, 0.25) is 0 Å². The monoisotopic (exact) mass is 328 g/mol. The fourth-order valence-electron chi connectivity index (χ4n) is 2.04. The van der Waals surface area contributed by atoms with E-state index in [1.54, 1.807) is 0 Å². The van der Waals surface area contributed by atoms with Crippen LogP contribution in [0.3, 0.4) is 0 Å². The Kier molecular flexibility index (Phi) is 12.3. The quantitative estimate of drug-likeness (QED) is 0.284. The highest BCUT2D eigenvalue weighted by Gasteiger charge is 2.10. The standard InChI is InChI=1S/C14H33O2PS2/c1-4-5-6-9-12-19(17(15,16)18)13-10-7-8-11-14(2)3/h14-16,18H,4-13H2,1-3H3. The summed E-state index contributed by atoms with van der Waals surface area (Å²) >= 11 is 4.07. The molecule has 0 aromatic heterocycles. The van der Waals surface area contributed by atoms with Crippen LogP contribution in [-0.2, 0) is 10.1 Å². The minimum atomic E-state index is -2.92. The Labute approximate surface area is 127 Å². The van der Waals surface area contributed by atoms with E-state index < -0.39 is 5.69 Å². The molecule has 0 bridgehead atoms. The van der Waals surface area contributed by atoms with Crippen LogP contribution in [0.4, 0.5) is 0 Å². The lowest BCUT2D eigenvalue weighted by Gasteiger charge is -2.16. The highest BCUT2D eigenvalue weighted by atomic mass is 32.9. The summed E-state index contributed by atoms with van der Waals surface area (Å²) < 4.78 is 0. The molecule has 0 spiro atoms. The van der Waals surface area contributed by atoms with Gasteiger partial charge in [-0.25, -0.2) is 0 Å². The van der Waals surface area contributed by atoms with Crippen LogP contribution in [-0.4, -0.2) is 21.3 Å². The second-order valence-electron chi connectivity index (χ2n) is 5.69. The molecule has 0 aliphatic rings. The van der Waals surface area contributed by atoms with Crippen LogP contribution in [0.1, 0.15) is 72.1 Å². The lowest BCUT2D eigenvalue weighted by molar-refractivity contribution is 0.501. The molecule has 0 aromatic carbocycles. The molecule has 5 heteroatoms. The third-order valence-electron chi connectivity index (χ3n) is 3.24. The van der Waals surface area contributed by atoms with Gasteiger partial charge in [0.05, 0.1) is 0 Å². The fourth-order valence-corrected chi connectivity index (χ4v) is 7.52. The van der Waals surface area contributed by atoms with E-state index >= 15 is 0 Å². The molecule has 19 heavy (non-hydrogen) atoms.